The summed E-state index contributed by atoms with van der Waals surface area (Å²) in [5, 5.41) is 16.9. The minimum atomic E-state index is -0.731. The number of hydrogen-bond acceptors (Lipinski definition) is 5. The summed E-state index contributed by atoms with van der Waals surface area (Å²) < 4.78 is 0. The molecule has 1 aromatic heterocycles. The number of nitrogens with zero attached hydrogens (tertiary/aromatic N) is 2. The van der Waals surface area contributed by atoms with Gasteiger partial charge in [0.05, 0.1) is 11.8 Å². The Hall–Kier alpha value is -1.07. The van der Waals surface area contributed by atoms with E-state index >= 15 is 0 Å². The number of aromatic nitrogens is 2. The molecule has 0 aliphatic carbocycles. The summed E-state index contributed by atoms with van der Waals surface area (Å²) >= 11 is 6.05. The highest BCUT2D eigenvalue weighted by Crippen LogP contribution is 2.22. The normalized spacial score (nSPS) is 11.4. The van der Waals surface area contributed by atoms with E-state index in [9.17, 15) is 5.11 Å². The van der Waals surface area contributed by atoms with Crippen LogP contribution >= 0.6 is 11.6 Å². The summed E-state index contributed by atoms with van der Waals surface area (Å²) in [6.45, 7) is 7.23. The molecule has 0 spiro atoms. The van der Waals surface area contributed by atoms with Crippen molar-refractivity contribution < 1.29 is 5.11 Å². The molecule has 5 nitrogen and oxygen atoms in total. The molecule has 0 aliphatic rings. The van der Waals surface area contributed by atoms with Gasteiger partial charge in [0.2, 0.25) is 5.95 Å². The largest absolute Gasteiger partial charge is 0.388 e. The SMILES string of the molecule is CCCNc1ncc(Cl)c(NCC(O)(CC)CC)n1. The van der Waals surface area contributed by atoms with Crippen molar-refractivity contribution >= 4 is 23.4 Å². The standard InChI is InChI=1S/C13H23ClN4O/c1-4-7-15-12-16-8-10(14)11(18-12)17-9-13(19,5-2)6-3/h8,19H,4-7,9H2,1-3H3,(H2,15,16,17,18). The van der Waals surface area contributed by atoms with Crippen molar-refractivity contribution in [2.45, 2.75) is 45.6 Å². The molecule has 3 N–H and O–H groups in total. The van der Waals surface area contributed by atoms with Crippen molar-refractivity contribution in [3.05, 3.63) is 11.2 Å². The lowest BCUT2D eigenvalue weighted by atomic mass is 9.98. The van der Waals surface area contributed by atoms with Crippen molar-refractivity contribution in [1.82, 2.24) is 9.97 Å². The summed E-state index contributed by atoms with van der Waals surface area (Å²) in [5.41, 5.74) is -0.731. The molecular weight excluding hydrogens is 264 g/mol. The van der Waals surface area contributed by atoms with Crippen LogP contribution in [0.4, 0.5) is 11.8 Å². The molecule has 6 heteroatoms. The number of nitrogens with one attached hydrogen (secondary N) is 2. The maximum atomic E-state index is 10.2. The smallest absolute Gasteiger partial charge is 0.224 e. The van der Waals surface area contributed by atoms with E-state index in [1.54, 1.807) is 6.20 Å². The topological polar surface area (TPSA) is 70.1 Å². The molecule has 0 aliphatic heterocycles. The van der Waals surface area contributed by atoms with Crippen LogP contribution in [0, 0.1) is 0 Å². The molecule has 0 aromatic carbocycles. The van der Waals surface area contributed by atoms with Crippen LogP contribution in [0.3, 0.4) is 0 Å². The van der Waals surface area contributed by atoms with Gasteiger partial charge in [-0.3, -0.25) is 0 Å². The van der Waals surface area contributed by atoms with E-state index in [1.165, 1.54) is 0 Å². The third-order valence-electron chi connectivity index (χ3n) is 3.18. The van der Waals surface area contributed by atoms with E-state index in [2.05, 4.69) is 27.5 Å². The fraction of sp³-hybridized carbons (Fsp3) is 0.692. The van der Waals surface area contributed by atoms with Gasteiger partial charge < -0.3 is 15.7 Å². The highest BCUT2D eigenvalue weighted by Gasteiger charge is 2.22. The van der Waals surface area contributed by atoms with Gasteiger partial charge in [-0.1, -0.05) is 32.4 Å². The zero-order chi connectivity index (χ0) is 14.3. The Kier molecular flexibility index (Phi) is 6.31. The van der Waals surface area contributed by atoms with Gasteiger partial charge >= 0.3 is 0 Å². The Balaban J connectivity index is 2.71. The Morgan fingerprint density at radius 1 is 1.26 bits per heavy atom. The molecule has 1 rings (SSSR count). The summed E-state index contributed by atoms with van der Waals surface area (Å²) in [4.78, 5) is 8.41. The molecule has 1 heterocycles. The average molecular weight is 287 g/mol. The van der Waals surface area contributed by atoms with Crippen LogP contribution in [0.25, 0.3) is 0 Å². The van der Waals surface area contributed by atoms with Gasteiger partial charge in [-0.05, 0) is 19.3 Å². The zero-order valence-corrected chi connectivity index (χ0v) is 12.6. The molecule has 1 aromatic rings. The molecule has 19 heavy (non-hydrogen) atoms. The first-order chi connectivity index (χ1) is 9.04. The summed E-state index contributed by atoms with van der Waals surface area (Å²) in [6, 6.07) is 0. The Morgan fingerprint density at radius 3 is 2.53 bits per heavy atom. The van der Waals surface area contributed by atoms with E-state index in [4.69, 9.17) is 11.6 Å². The van der Waals surface area contributed by atoms with Gasteiger partial charge in [0.1, 0.15) is 5.02 Å². The maximum Gasteiger partial charge on any atom is 0.224 e. The number of aliphatic hydroxyl groups is 1. The second-order valence-corrected chi connectivity index (χ2v) is 5.01. The van der Waals surface area contributed by atoms with Gasteiger partial charge in [0.25, 0.3) is 0 Å². The average Bonchev–Trinajstić information content (AvgIpc) is 2.44. The minimum absolute atomic E-state index is 0.421. The summed E-state index contributed by atoms with van der Waals surface area (Å²) in [7, 11) is 0. The van der Waals surface area contributed by atoms with E-state index in [0.29, 0.717) is 36.2 Å². The van der Waals surface area contributed by atoms with Crippen LogP contribution < -0.4 is 10.6 Å². The fourth-order valence-electron chi connectivity index (χ4n) is 1.56. The summed E-state index contributed by atoms with van der Waals surface area (Å²) in [5.74, 6) is 1.10. The molecule has 0 amide bonds. The van der Waals surface area contributed by atoms with Gasteiger partial charge in [-0.25, -0.2) is 4.98 Å². The Labute approximate surface area is 119 Å². The first kappa shape index (κ1) is 16.0. The quantitative estimate of drug-likeness (QED) is 0.685. The van der Waals surface area contributed by atoms with Gasteiger partial charge in [-0.15, -0.1) is 0 Å². The van der Waals surface area contributed by atoms with Crippen molar-refractivity contribution in [2.24, 2.45) is 0 Å². The molecule has 0 saturated heterocycles. The molecule has 0 atom stereocenters. The van der Waals surface area contributed by atoms with Crippen LogP contribution in [0.2, 0.25) is 5.02 Å². The third kappa shape index (κ3) is 4.84. The first-order valence-corrected chi connectivity index (χ1v) is 7.15. The minimum Gasteiger partial charge on any atom is -0.388 e. The lowest BCUT2D eigenvalue weighted by Crippen LogP contribution is -2.35. The molecule has 0 fully saturated rings. The van der Waals surface area contributed by atoms with Crippen molar-refractivity contribution in [2.75, 3.05) is 23.7 Å². The molecule has 0 unspecified atom stereocenters. The van der Waals surface area contributed by atoms with Crippen molar-refractivity contribution in [3.8, 4) is 0 Å². The molecule has 0 radical (unpaired) electrons. The highest BCUT2D eigenvalue weighted by atomic mass is 35.5. The van der Waals surface area contributed by atoms with Crippen molar-refractivity contribution in [3.63, 3.8) is 0 Å². The lowest BCUT2D eigenvalue weighted by molar-refractivity contribution is 0.0456. The second-order valence-electron chi connectivity index (χ2n) is 4.60. The number of anilines is 2. The van der Waals surface area contributed by atoms with Crippen LogP contribution in [-0.4, -0.2) is 33.8 Å². The van der Waals surface area contributed by atoms with Gasteiger partial charge in [0.15, 0.2) is 5.82 Å². The van der Waals surface area contributed by atoms with Crippen LogP contribution in [0.1, 0.15) is 40.0 Å². The molecular formula is C13H23ClN4O. The van der Waals surface area contributed by atoms with Crippen LogP contribution in [-0.2, 0) is 0 Å². The Bertz CT molecular complexity index is 396. The van der Waals surface area contributed by atoms with Gasteiger partial charge in [0, 0.05) is 13.1 Å². The van der Waals surface area contributed by atoms with E-state index in [-0.39, 0.29) is 0 Å². The van der Waals surface area contributed by atoms with E-state index < -0.39 is 5.60 Å². The summed E-state index contributed by atoms with van der Waals surface area (Å²) in [6.07, 6.45) is 3.92. The van der Waals surface area contributed by atoms with Crippen LogP contribution in [0.5, 0.6) is 0 Å². The number of hydrogen-bond donors (Lipinski definition) is 3. The second kappa shape index (κ2) is 7.50. The third-order valence-corrected chi connectivity index (χ3v) is 3.45. The number of rotatable bonds is 8. The van der Waals surface area contributed by atoms with Crippen molar-refractivity contribution in [1.29, 1.82) is 0 Å². The van der Waals surface area contributed by atoms with Gasteiger partial charge in [-0.2, -0.15) is 4.98 Å². The lowest BCUT2D eigenvalue weighted by Gasteiger charge is -2.25. The molecule has 108 valence electrons. The maximum absolute atomic E-state index is 10.2. The monoisotopic (exact) mass is 286 g/mol. The zero-order valence-electron chi connectivity index (χ0n) is 11.8. The highest BCUT2D eigenvalue weighted by molar-refractivity contribution is 6.32. The van der Waals surface area contributed by atoms with Crippen LogP contribution in [0.15, 0.2) is 6.20 Å². The van der Waals surface area contributed by atoms with E-state index in [1.807, 2.05) is 13.8 Å². The fourth-order valence-corrected chi connectivity index (χ4v) is 1.72. The first-order valence-electron chi connectivity index (χ1n) is 6.77. The predicted octanol–water partition coefficient (Wildman–Crippen LogP) is 2.91. The predicted molar refractivity (Wildman–Crippen MR) is 79.8 cm³/mol. The molecule has 0 bridgehead atoms. The van der Waals surface area contributed by atoms with E-state index in [0.717, 1.165) is 13.0 Å². The molecule has 0 saturated carbocycles. The Morgan fingerprint density at radius 2 is 1.95 bits per heavy atom. The number of halogens is 1.